The standard InChI is InChI=1S/C29H24FN3O2S/c1-18-6-4-8-21-16-23-28(35-26(18)21)31-27(20-11-13-22(30)14-12-20)32-29(23)36-17-25(34)33-15-5-9-19-7-2-3-10-24(19)33/h2-4,6-8,10-14H,5,9,15-17H2,1H3. The largest absolute Gasteiger partial charge is 0.438 e. The molecule has 0 N–H and O–H groups in total. The van der Waals surface area contributed by atoms with Gasteiger partial charge in [-0.25, -0.2) is 9.37 Å². The number of aromatic nitrogens is 2. The van der Waals surface area contributed by atoms with Crippen molar-refractivity contribution in [2.75, 3.05) is 17.2 Å². The number of fused-ring (bicyclic) bond motifs is 3. The Morgan fingerprint density at radius 3 is 2.69 bits per heavy atom. The lowest BCUT2D eigenvalue weighted by Crippen LogP contribution is -2.36. The van der Waals surface area contributed by atoms with Gasteiger partial charge in [-0.05, 0) is 66.8 Å². The molecule has 3 aromatic carbocycles. The molecule has 0 saturated carbocycles. The van der Waals surface area contributed by atoms with Gasteiger partial charge in [-0.1, -0.05) is 48.2 Å². The molecule has 0 unspecified atom stereocenters. The van der Waals surface area contributed by atoms with Gasteiger partial charge in [-0.15, -0.1) is 0 Å². The first-order valence-corrected chi connectivity index (χ1v) is 13.0. The molecule has 4 aromatic rings. The lowest BCUT2D eigenvalue weighted by Gasteiger charge is -2.29. The summed E-state index contributed by atoms with van der Waals surface area (Å²) >= 11 is 1.41. The van der Waals surface area contributed by atoms with Gasteiger partial charge in [-0.2, -0.15) is 4.98 Å². The summed E-state index contributed by atoms with van der Waals surface area (Å²) in [7, 11) is 0. The Bertz CT molecular complexity index is 1470. The van der Waals surface area contributed by atoms with Gasteiger partial charge >= 0.3 is 0 Å². The second-order valence-corrected chi connectivity index (χ2v) is 10.0. The summed E-state index contributed by atoms with van der Waals surface area (Å²) in [5, 5.41) is 0.713. The first-order chi connectivity index (χ1) is 17.6. The van der Waals surface area contributed by atoms with E-state index in [1.165, 1.54) is 29.5 Å². The number of anilines is 1. The molecule has 5 nitrogen and oxygen atoms in total. The van der Waals surface area contributed by atoms with Crippen molar-refractivity contribution in [3.05, 3.63) is 94.8 Å². The minimum atomic E-state index is -0.320. The van der Waals surface area contributed by atoms with Gasteiger partial charge in [0.05, 0.1) is 11.3 Å². The van der Waals surface area contributed by atoms with Gasteiger partial charge in [0.15, 0.2) is 5.82 Å². The third kappa shape index (κ3) is 4.24. The number of para-hydroxylation sites is 2. The molecule has 2 aliphatic rings. The fraction of sp³-hybridized carbons (Fsp3) is 0.207. The van der Waals surface area contributed by atoms with Gasteiger partial charge in [0, 0.05) is 24.2 Å². The Hall–Kier alpha value is -3.71. The van der Waals surface area contributed by atoms with Crippen LogP contribution in [-0.4, -0.2) is 28.2 Å². The molecule has 180 valence electrons. The van der Waals surface area contributed by atoms with Crippen LogP contribution in [0.4, 0.5) is 10.1 Å². The summed E-state index contributed by atoms with van der Waals surface area (Å²) in [6.07, 6.45) is 2.57. The topological polar surface area (TPSA) is 55.3 Å². The third-order valence-corrected chi connectivity index (χ3v) is 7.64. The first-order valence-electron chi connectivity index (χ1n) is 12.0. The zero-order valence-electron chi connectivity index (χ0n) is 19.8. The minimum Gasteiger partial charge on any atom is -0.438 e. The molecule has 0 radical (unpaired) electrons. The molecule has 0 aliphatic carbocycles. The summed E-state index contributed by atoms with van der Waals surface area (Å²) in [5.41, 5.74) is 5.87. The average Bonchev–Trinajstić information content (AvgIpc) is 2.91. The summed E-state index contributed by atoms with van der Waals surface area (Å²) in [6.45, 7) is 2.73. The van der Waals surface area contributed by atoms with Crippen LogP contribution in [0.3, 0.4) is 0 Å². The van der Waals surface area contributed by atoms with Crippen molar-refractivity contribution in [2.24, 2.45) is 0 Å². The number of rotatable bonds is 4. The molecule has 7 heteroatoms. The number of ether oxygens (including phenoxy) is 1. The van der Waals surface area contributed by atoms with Crippen LogP contribution in [0.5, 0.6) is 11.6 Å². The van der Waals surface area contributed by atoms with Crippen LogP contribution in [0.25, 0.3) is 11.4 Å². The van der Waals surface area contributed by atoms with Crippen molar-refractivity contribution in [1.29, 1.82) is 0 Å². The lowest BCUT2D eigenvalue weighted by molar-refractivity contribution is -0.116. The normalized spacial score (nSPS) is 13.9. The average molecular weight is 498 g/mol. The maximum atomic E-state index is 13.5. The fourth-order valence-corrected chi connectivity index (χ4v) is 5.71. The predicted octanol–water partition coefficient (Wildman–Crippen LogP) is 6.36. The SMILES string of the molecule is Cc1cccc2c1Oc1nc(-c3ccc(F)cc3)nc(SCC(=O)N3CCCc4ccccc43)c1C2. The van der Waals surface area contributed by atoms with Crippen LogP contribution in [-0.2, 0) is 17.6 Å². The third-order valence-electron chi connectivity index (χ3n) is 6.64. The van der Waals surface area contributed by atoms with Crippen molar-refractivity contribution >= 4 is 23.4 Å². The Morgan fingerprint density at radius 1 is 1.03 bits per heavy atom. The molecule has 2 aliphatic heterocycles. The van der Waals surface area contributed by atoms with Crippen LogP contribution < -0.4 is 9.64 Å². The summed E-state index contributed by atoms with van der Waals surface area (Å²) in [6, 6.07) is 20.3. The predicted molar refractivity (Wildman–Crippen MR) is 139 cm³/mol. The number of thioether (sulfide) groups is 1. The number of amides is 1. The molecule has 0 spiro atoms. The summed E-state index contributed by atoms with van der Waals surface area (Å²) in [4.78, 5) is 24.7. The van der Waals surface area contributed by atoms with E-state index in [1.807, 2.05) is 48.2 Å². The van der Waals surface area contributed by atoms with Gasteiger partial charge in [0.2, 0.25) is 11.8 Å². The molecule has 1 aromatic heterocycles. The number of benzene rings is 3. The van der Waals surface area contributed by atoms with Gasteiger partial charge in [-0.3, -0.25) is 4.79 Å². The number of nitrogens with zero attached hydrogens (tertiary/aromatic N) is 3. The molecule has 0 atom stereocenters. The van der Waals surface area contributed by atoms with Crippen LogP contribution in [0.2, 0.25) is 0 Å². The van der Waals surface area contributed by atoms with E-state index in [2.05, 4.69) is 6.07 Å². The molecule has 6 rings (SSSR count). The van der Waals surface area contributed by atoms with Crippen LogP contribution >= 0.6 is 11.8 Å². The zero-order chi connectivity index (χ0) is 24.6. The Labute approximate surface area is 213 Å². The molecule has 0 bridgehead atoms. The molecule has 0 fully saturated rings. The Morgan fingerprint density at radius 2 is 1.83 bits per heavy atom. The first kappa shape index (κ1) is 22.7. The van der Waals surface area contributed by atoms with Crippen molar-refractivity contribution in [2.45, 2.75) is 31.2 Å². The van der Waals surface area contributed by atoms with E-state index in [0.717, 1.165) is 47.5 Å². The maximum Gasteiger partial charge on any atom is 0.237 e. The maximum absolute atomic E-state index is 13.5. The summed E-state index contributed by atoms with van der Waals surface area (Å²) < 4.78 is 19.8. The number of aryl methyl sites for hydroxylation is 2. The fourth-order valence-electron chi connectivity index (χ4n) is 4.81. The molecule has 3 heterocycles. The van der Waals surface area contributed by atoms with E-state index in [9.17, 15) is 9.18 Å². The number of hydrogen-bond acceptors (Lipinski definition) is 5. The van der Waals surface area contributed by atoms with Crippen molar-refractivity contribution in [3.63, 3.8) is 0 Å². The number of halogens is 1. The van der Waals surface area contributed by atoms with Gasteiger partial charge in [0.25, 0.3) is 0 Å². The van der Waals surface area contributed by atoms with E-state index in [4.69, 9.17) is 14.7 Å². The smallest absolute Gasteiger partial charge is 0.237 e. The number of hydrogen-bond donors (Lipinski definition) is 0. The second-order valence-electron chi connectivity index (χ2n) is 9.05. The monoisotopic (exact) mass is 497 g/mol. The van der Waals surface area contributed by atoms with Gasteiger partial charge < -0.3 is 9.64 Å². The van der Waals surface area contributed by atoms with Crippen molar-refractivity contribution in [1.82, 2.24) is 9.97 Å². The van der Waals surface area contributed by atoms with E-state index in [0.29, 0.717) is 28.7 Å². The highest BCUT2D eigenvalue weighted by molar-refractivity contribution is 8.00. The van der Waals surface area contributed by atoms with E-state index < -0.39 is 0 Å². The molecular formula is C29H24FN3O2S. The Kier molecular flexibility index (Phi) is 5.93. The van der Waals surface area contributed by atoms with Crippen molar-refractivity contribution < 1.29 is 13.9 Å². The molecule has 1 amide bonds. The highest BCUT2D eigenvalue weighted by Gasteiger charge is 2.27. The van der Waals surface area contributed by atoms with E-state index in [-0.39, 0.29) is 17.5 Å². The highest BCUT2D eigenvalue weighted by Crippen LogP contribution is 2.42. The van der Waals surface area contributed by atoms with E-state index in [1.54, 1.807) is 12.1 Å². The number of carbonyl (C=O) groups excluding carboxylic acids is 1. The van der Waals surface area contributed by atoms with Crippen LogP contribution in [0.1, 0.15) is 28.7 Å². The lowest BCUT2D eigenvalue weighted by atomic mass is 10.0. The number of carbonyl (C=O) groups is 1. The Balaban J connectivity index is 1.34. The minimum absolute atomic E-state index is 0.0517. The molecule has 0 saturated heterocycles. The van der Waals surface area contributed by atoms with Crippen LogP contribution in [0.15, 0.2) is 71.8 Å². The quantitative estimate of drug-likeness (QED) is 0.214. The van der Waals surface area contributed by atoms with Crippen LogP contribution in [0, 0.1) is 12.7 Å². The van der Waals surface area contributed by atoms with Gasteiger partial charge in [0.1, 0.15) is 16.6 Å². The van der Waals surface area contributed by atoms with Crippen molar-refractivity contribution in [3.8, 4) is 23.0 Å². The highest BCUT2D eigenvalue weighted by atomic mass is 32.2. The van der Waals surface area contributed by atoms with E-state index >= 15 is 0 Å². The zero-order valence-corrected chi connectivity index (χ0v) is 20.6. The molecule has 36 heavy (non-hydrogen) atoms. The second kappa shape index (κ2) is 9.39. The molecular weight excluding hydrogens is 473 g/mol. The summed E-state index contributed by atoms with van der Waals surface area (Å²) in [5.74, 6) is 1.73.